The SMILES string of the molecule is CCC1(CC)C(=O)NC(=O)N1Cc1c(C)cccc1C. The first-order valence-electron chi connectivity index (χ1n) is 7.14. The van der Waals surface area contributed by atoms with E-state index in [1.807, 2.05) is 45.9 Å². The Kier molecular flexibility index (Phi) is 3.84. The number of amides is 3. The molecule has 0 unspecified atom stereocenters. The van der Waals surface area contributed by atoms with Crippen LogP contribution in [0.4, 0.5) is 4.79 Å². The van der Waals surface area contributed by atoms with E-state index < -0.39 is 5.54 Å². The molecule has 1 aliphatic heterocycles. The molecule has 1 saturated heterocycles. The third-order valence-corrected chi connectivity index (χ3v) is 4.54. The van der Waals surface area contributed by atoms with Crippen LogP contribution in [0.15, 0.2) is 18.2 Å². The lowest BCUT2D eigenvalue weighted by Crippen LogP contribution is -2.48. The van der Waals surface area contributed by atoms with Gasteiger partial charge in [0.05, 0.1) is 0 Å². The van der Waals surface area contributed by atoms with E-state index in [0.717, 1.165) is 16.7 Å². The molecule has 20 heavy (non-hydrogen) atoms. The van der Waals surface area contributed by atoms with Crippen molar-refractivity contribution in [3.05, 3.63) is 34.9 Å². The molecule has 1 aromatic rings. The van der Waals surface area contributed by atoms with Gasteiger partial charge >= 0.3 is 6.03 Å². The summed E-state index contributed by atoms with van der Waals surface area (Å²) in [6, 6.07) is 5.81. The van der Waals surface area contributed by atoms with Crippen molar-refractivity contribution in [2.24, 2.45) is 0 Å². The zero-order valence-corrected chi connectivity index (χ0v) is 12.6. The molecule has 2 rings (SSSR count). The number of carbonyl (C=O) groups is 2. The smallest absolute Gasteiger partial charge is 0.305 e. The molecular formula is C16H22N2O2. The second-order valence-corrected chi connectivity index (χ2v) is 5.45. The number of aryl methyl sites for hydroxylation is 2. The van der Waals surface area contributed by atoms with Gasteiger partial charge in [0.1, 0.15) is 5.54 Å². The Bertz CT molecular complexity index is 527. The summed E-state index contributed by atoms with van der Waals surface area (Å²) in [4.78, 5) is 26.0. The molecule has 0 spiro atoms. The van der Waals surface area contributed by atoms with Gasteiger partial charge in [-0.1, -0.05) is 32.0 Å². The maximum Gasteiger partial charge on any atom is 0.325 e. The second kappa shape index (κ2) is 5.27. The van der Waals surface area contributed by atoms with E-state index in [2.05, 4.69) is 5.32 Å². The maximum atomic E-state index is 12.2. The topological polar surface area (TPSA) is 49.4 Å². The number of nitrogens with zero attached hydrogens (tertiary/aromatic N) is 1. The first-order valence-corrected chi connectivity index (χ1v) is 7.14. The van der Waals surface area contributed by atoms with Crippen molar-refractivity contribution in [2.75, 3.05) is 0 Å². The van der Waals surface area contributed by atoms with Crippen LogP contribution < -0.4 is 5.32 Å². The molecule has 108 valence electrons. The molecule has 0 radical (unpaired) electrons. The van der Waals surface area contributed by atoms with Crippen LogP contribution in [-0.4, -0.2) is 22.4 Å². The van der Waals surface area contributed by atoms with Gasteiger partial charge in [-0.15, -0.1) is 0 Å². The van der Waals surface area contributed by atoms with Gasteiger partial charge in [0.2, 0.25) is 0 Å². The molecule has 1 N–H and O–H groups in total. The van der Waals surface area contributed by atoms with Crippen molar-refractivity contribution in [3.8, 4) is 0 Å². The van der Waals surface area contributed by atoms with Crippen molar-refractivity contribution >= 4 is 11.9 Å². The average molecular weight is 274 g/mol. The van der Waals surface area contributed by atoms with Crippen molar-refractivity contribution in [1.82, 2.24) is 10.2 Å². The van der Waals surface area contributed by atoms with Crippen LogP contribution >= 0.6 is 0 Å². The molecule has 0 saturated carbocycles. The molecule has 0 bridgehead atoms. The minimum Gasteiger partial charge on any atom is -0.305 e. The summed E-state index contributed by atoms with van der Waals surface area (Å²) in [5.74, 6) is -0.168. The molecule has 3 amide bonds. The van der Waals surface area contributed by atoms with Crippen LogP contribution in [0.25, 0.3) is 0 Å². The zero-order chi connectivity index (χ0) is 14.9. The summed E-state index contributed by atoms with van der Waals surface area (Å²) in [7, 11) is 0. The lowest BCUT2D eigenvalue weighted by atomic mass is 9.90. The van der Waals surface area contributed by atoms with E-state index in [4.69, 9.17) is 0 Å². The van der Waals surface area contributed by atoms with Crippen LogP contribution in [0.2, 0.25) is 0 Å². The zero-order valence-electron chi connectivity index (χ0n) is 12.6. The third-order valence-electron chi connectivity index (χ3n) is 4.54. The van der Waals surface area contributed by atoms with Gasteiger partial charge in [0.25, 0.3) is 5.91 Å². The highest BCUT2D eigenvalue weighted by Crippen LogP contribution is 2.31. The fraction of sp³-hybridized carbons (Fsp3) is 0.500. The van der Waals surface area contributed by atoms with Gasteiger partial charge in [0.15, 0.2) is 0 Å². The highest BCUT2D eigenvalue weighted by molar-refractivity contribution is 6.06. The Labute approximate surface area is 120 Å². The van der Waals surface area contributed by atoms with Gasteiger partial charge in [-0.05, 0) is 43.4 Å². The quantitative estimate of drug-likeness (QED) is 0.858. The minimum absolute atomic E-state index is 0.168. The highest BCUT2D eigenvalue weighted by Gasteiger charge is 2.50. The Morgan fingerprint density at radius 1 is 1.10 bits per heavy atom. The monoisotopic (exact) mass is 274 g/mol. The van der Waals surface area contributed by atoms with Gasteiger partial charge in [-0.3, -0.25) is 10.1 Å². The summed E-state index contributed by atoms with van der Waals surface area (Å²) in [5.41, 5.74) is 2.73. The van der Waals surface area contributed by atoms with E-state index in [0.29, 0.717) is 19.4 Å². The van der Waals surface area contributed by atoms with E-state index in [-0.39, 0.29) is 11.9 Å². The summed E-state index contributed by atoms with van der Waals surface area (Å²) in [5, 5.41) is 2.47. The molecule has 1 heterocycles. The first-order chi connectivity index (χ1) is 9.46. The van der Waals surface area contributed by atoms with Crippen molar-refractivity contribution < 1.29 is 9.59 Å². The minimum atomic E-state index is -0.703. The van der Waals surface area contributed by atoms with Crippen LogP contribution in [0, 0.1) is 13.8 Å². The fourth-order valence-corrected chi connectivity index (χ4v) is 3.03. The van der Waals surface area contributed by atoms with Crippen LogP contribution in [-0.2, 0) is 11.3 Å². The number of carbonyl (C=O) groups excluding carboxylic acids is 2. The molecule has 4 nitrogen and oxygen atoms in total. The molecule has 1 fully saturated rings. The molecule has 0 aromatic heterocycles. The molecule has 1 aromatic carbocycles. The van der Waals surface area contributed by atoms with Gasteiger partial charge in [0, 0.05) is 6.54 Å². The van der Waals surface area contributed by atoms with Crippen molar-refractivity contribution in [3.63, 3.8) is 0 Å². The number of benzene rings is 1. The Balaban J connectivity index is 2.40. The van der Waals surface area contributed by atoms with Gasteiger partial charge < -0.3 is 4.90 Å². The third kappa shape index (κ3) is 2.09. The van der Waals surface area contributed by atoms with E-state index in [1.54, 1.807) is 4.90 Å². The second-order valence-electron chi connectivity index (χ2n) is 5.45. The average Bonchev–Trinajstić information content (AvgIpc) is 2.65. The standard InChI is InChI=1S/C16H22N2O2/c1-5-16(6-2)14(19)17-15(20)18(16)10-13-11(3)8-7-9-12(13)4/h7-9H,5-6,10H2,1-4H3,(H,17,19,20). The number of urea groups is 1. The molecule has 1 aliphatic rings. The number of imide groups is 1. The largest absolute Gasteiger partial charge is 0.325 e. The summed E-state index contributed by atoms with van der Waals surface area (Å²) < 4.78 is 0. The molecule has 4 heteroatoms. The lowest BCUT2D eigenvalue weighted by molar-refractivity contribution is -0.127. The number of rotatable bonds is 4. The van der Waals surface area contributed by atoms with Gasteiger partial charge in [-0.25, -0.2) is 4.79 Å². The first kappa shape index (κ1) is 14.6. The molecule has 0 atom stereocenters. The van der Waals surface area contributed by atoms with Gasteiger partial charge in [-0.2, -0.15) is 0 Å². The van der Waals surface area contributed by atoms with E-state index >= 15 is 0 Å². The Morgan fingerprint density at radius 2 is 1.65 bits per heavy atom. The predicted molar refractivity (Wildman–Crippen MR) is 78.3 cm³/mol. The summed E-state index contributed by atoms with van der Waals surface area (Å²) in [6.07, 6.45) is 1.26. The molecular weight excluding hydrogens is 252 g/mol. The lowest BCUT2D eigenvalue weighted by Gasteiger charge is -2.34. The van der Waals surface area contributed by atoms with Crippen LogP contribution in [0.3, 0.4) is 0 Å². The Hall–Kier alpha value is -1.84. The number of hydrogen-bond donors (Lipinski definition) is 1. The fourth-order valence-electron chi connectivity index (χ4n) is 3.03. The Morgan fingerprint density at radius 3 is 2.15 bits per heavy atom. The van der Waals surface area contributed by atoms with Crippen molar-refractivity contribution in [1.29, 1.82) is 0 Å². The normalized spacial score (nSPS) is 17.5. The maximum absolute atomic E-state index is 12.2. The summed E-state index contributed by atoms with van der Waals surface area (Å²) in [6.45, 7) is 8.48. The van der Waals surface area contributed by atoms with Crippen LogP contribution in [0.1, 0.15) is 43.4 Å². The number of nitrogens with one attached hydrogen (secondary N) is 1. The highest BCUT2D eigenvalue weighted by atomic mass is 16.2. The summed E-state index contributed by atoms with van der Waals surface area (Å²) >= 11 is 0. The van der Waals surface area contributed by atoms with E-state index in [1.165, 1.54) is 0 Å². The number of hydrogen-bond acceptors (Lipinski definition) is 2. The van der Waals surface area contributed by atoms with Crippen molar-refractivity contribution in [2.45, 2.75) is 52.6 Å². The predicted octanol–water partition coefficient (Wildman–Crippen LogP) is 2.91. The molecule has 0 aliphatic carbocycles. The van der Waals surface area contributed by atoms with Crippen LogP contribution in [0.5, 0.6) is 0 Å². The van der Waals surface area contributed by atoms with E-state index in [9.17, 15) is 9.59 Å².